The van der Waals surface area contributed by atoms with Gasteiger partial charge in [0.05, 0.1) is 25.9 Å². The Morgan fingerprint density at radius 1 is 1.08 bits per heavy atom. The zero-order chi connectivity index (χ0) is 26.5. The van der Waals surface area contributed by atoms with Crippen molar-refractivity contribution in [2.45, 2.75) is 39.0 Å². The Hall–Kier alpha value is -3.75. The van der Waals surface area contributed by atoms with Gasteiger partial charge in [0, 0.05) is 30.0 Å². The van der Waals surface area contributed by atoms with Gasteiger partial charge in [0.2, 0.25) is 0 Å². The predicted molar refractivity (Wildman–Crippen MR) is 157 cm³/mol. The molecule has 0 aliphatic heterocycles. The summed E-state index contributed by atoms with van der Waals surface area (Å²) in [6.45, 7) is 6.63. The predicted octanol–water partition coefficient (Wildman–Crippen LogP) is 6.41. The van der Waals surface area contributed by atoms with Gasteiger partial charge in [-0.3, -0.25) is 9.78 Å². The molecule has 38 heavy (non-hydrogen) atoms. The average Bonchev–Trinajstić information content (AvgIpc) is 3.59. The van der Waals surface area contributed by atoms with Gasteiger partial charge in [-0.2, -0.15) is 5.10 Å². The number of nitrogens with one attached hydrogen (secondary N) is 2. The van der Waals surface area contributed by atoms with Crippen molar-refractivity contribution in [1.29, 1.82) is 0 Å². The van der Waals surface area contributed by atoms with Gasteiger partial charge in [-0.1, -0.05) is 18.7 Å². The van der Waals surface area contributed by atoms with Crippen molar-refractivity contribution in [3.8, 4) is 16.2 Å². The lowest BCUT2D eigenvalue weighted by Crippen LogP contribution is -2.18. The number of amides is 1. The molecular formula is C30H30N4O2S2. The number of rotatable bonds is 9. The molecule has 194 valence electrons. The second-order valence-corrected chi connectivity index (χ2v) is 11.3. The van der Waals surface area contributed by atoms with E-state index in [4.69, 9.17) is 0 Å². The van der Waals surface area contributed by atoms with Gasteiger partial charge in [0.15, 0.2) is 0 Å². The van der Waals surface area contributed by atoms with Crippen molar-refractivity contribution < 1.29 is 9.90 Å². The summed E-state index contributed by atoms with van der Waals surface area (Å²) in [6, 6.07) is 14.1. The molecule has 1 aliphatic rings. The van der Waals surface area contributed by atoms with E-state index in [2.05, 4.69) is 45.6 Å². The Labute approximate surface area is 230 Å². The highest BCUT2D eigenvalue weighted by Gasteiger charge is 2.18. The number of hydrazone groups is 1. The van der Waals surface area contributed by atoms with E-state index in [9.17, 15) is 9.90 Å². The fraction of sp³-hybridized carbons (Fsp3) is 0.233. The molecule has 3 aromatic heterocycles. The fourth-order valence-corrected chi connectivity index (χ4v) is 6.40. The minimum absolute atomic E-state index is 0.203. The van der Waals surface area contributed by atoms with Crippen molar-refractivity contribution in [2.24, 2.45) is 5.10 Å². The van der Waals surface area contributed by atoms with Gasteiger partial charge in [-0.05, 0) is 91.6 Å². The average molecular weight is 543 g/mol. The van der Waals surface area contributed by atoms with Gasteiger partial charge in [0.25, 0.3) is 5.91 Å². The summed E-state index contributed by atoms with van der Waals surface area (Å²) < 4.78 is 0. The van der Waals surface area contributed by atoms with E-state index in [-0.39, 0.29) is 11.7 Å². The summed E-state index contributed by atoms with van der Waals surface area (Å²) in [4.78, 5) is 19.0. The molecule has 1 amide bonds. The highest BCUT2D eigenvalue weighted by Crippen LogP contribution is 2.40. The lowest BCUT2D eigenvalue weighted by Gasteiger charge is -2.16. The smallest absolute Gasteiger partial charge is 0.281 e. The Morgan fingerprint density at radius 3 is 2.66 bits per heavy atom. The molecule has 4 aromatic rings. The van der Waals surface area contributed by atoms with Crippen molar-refractivity contribution >= 4 is 40.0 Å². The zero-order valence-corrected chi connectivity index (χ0v) is 22.9. The first-order valence-electron chi connectivity index (χ1n) is 12.7. The molecule has 5 rings (SSSR count). The normalized spacial score (nSPS) is 13.1. The molecule has 0 spiro atoms. The summed E-state index contributed by atoms with van der Waals surface area (Å²) in [6.07, 6.45) is 9.11. The topological polar surface area (TPSA) is 86.6 Å². The van der Waals surface area contributed by atoms with Crippen LogP contribution in [0.25, 0.3) is 16.1 Å². The minimum Gasteiger partial charge on any atom is -0.506 e. The number of aromatic nitrogens is 1. The summed E-state index contributed by atoms with van der Waals surface area (Å²) in [7, 11) is 0. The number of aromatic hydroxyl groups is 1. The van der Waals surface area contributed by atoms with E-state index < -0.39 is 0 Å². The molecule has 0 fully saturated rings. The number of hydrogen-bond donors (Lipinski definition) is 3. The molecule has 0 unspecified atom stereocenters. The SMILES string of the molecule is C=C(NCCc1ccncc1)c1ccc(C(=O)N/N=C(\C)c2csc(-c3ccc4c(c3)CCCC4)c2O)s1. The van der Waals surface area contributed by atoms with E-state index in [0.717, 1.165) is 46.8 Å². The molecule has 6 nitrogen and oxygen atoms in total. The molecule has 0 saturated heterocycles. The molecule has 3 N–H and O–H groups in total. The van der Waals surface area contributed by atoms with Gasteiger partial charge in [-0.25, -0.2) is 5.43 Å². The Bertz CT molecular complexity index is 1490. The third kappa shape index (κ3) is 5.87. The zero-order valence-electron chi connectivity index (χ0n) is 21.3. The number of thiophene rings is 2. The van der Waals surface area contributed by atoms with E-state index >= 15 is 0 Å². The van der Waals surface area contributed by atoms with Gasteiger partial charge >= 0.3 is 0 Å². The molecule has 1 aliphatic carbocycles. The van der Waals surface area contributed by atoms with Crippen LogP contribution in [-0.4, -0.2) is 28.3 Å². The molecule has 8 heteroatoms. The van der Waals surface area contributed by atoms with E-state index in [1.165, 1.54) is 52.2 Å². The van der Waals surface area contributed by atoms with Crippen LogP contribution in [0.2, 0.25) is 0 Å². The van der Waals surface area contributed by atoms with Crippen molar-refractivity contribution in [3.63, 3.8) is 0 Å². The standard InChI is InChI=1S/C30H30N4O2S2/c1-19(25-18-37-29(28(25)35)24-8-7-22-5-3-4-6-23(22)17-24)33-34-30(36)27-10-9-26(38-27)20(2)32-16-13-21-11-14-31-15-12-21/h7-12,14-15,17-18,32,35H,2-6,13,16H2,1H3,(H,34,36)/b33-19+. The number of aryl methyl sites for hydroxylation is 2. The van der Waals surface area contributed by atoms with Crippen LogP contribution in [0, 0.1) is 0 Å². The number of fused-ring (bicyclic) bond motifs is 1. The van der Waals surface area contributed by atoms with Crippen LogP contribution in [0.1, 0.15) is 56.6 Å². The van der Waals surface area contributed by atoms with Crippen LogP contribution in [0.5, 0.6) is 5.75 Å². The largest absolute Gasteiger partial charge is 0.506 e. The van der Waals surface area contributed by atoms with Crippen molar-refractivity contribution in [2.75, 3.05) is 6.54 Å². The number of hydrogen-bond acceptors (Lipinski definition) is 7. The van der Waals surface area contributed by atoms with Crippen molar-refractivity contribution in [1.82, 2.24) is 15.7 Å². The monoisotopic (exact) mass is 542 g/mol. The maximum absolute atomic E-state index is 12.7. The number of benzene rings is 1. The molecular weight excluding hydrogens is 512 g/mol. The highest BCUT2D eigenvalue weighted by molar-refractivity contribution is 7.15. The third-order valence-corrected chi connectivity index (χ3v) is 8.88. The van der Waals surface area contributed by atoms with Gasteiger partial charge < -0.3 is 10.4 Å². The lowest BCUT2D eigenvalue weighted by atomic mass is 9.90. The van der Waals surface area contributed by atoms with Crippen molar-refractivity contribution in [3.05, 3.63) is 98.8 Å². The second kappa shape index (κ2) is 11.8. The minimum atomic E-state index is -0.296. The first-order chi connectivity index (χ1) is 18.5. The van der Waals surface area contributed by atoms with Gasteiger partial charge in [-0.15, -0.1) is 22.7 Å². The first-order valence-corrected chi connectivity index (χ1v) is 14.4. The van der Waals surface area contributed by atoms with Crippen LogP contribution in [0.3, 0.4) is 0 Å². The summed E-state index contributed by atoms with van der Waals surface area (Å²) in [5.74, 6) is -0.0939. The number of carbonyl (C=O) groups is 1. The molecule has 0 bridgehead atoms. The number of pyridine rings is 1. The highest BCUT2D eigenvalue weighted by atomic mass is 32.1. The van der Waals surface area contributed by atoms with Crippen LogP contribution < -0.4 is 10.7 Å². The summed E-state index contributed by atoms with van der Waals surface area (Å²) in [5.41, 5.74) is 9.60. The van der Waals surface area contributed by atoms with Crippen LogP contribution in [0.4, 0.5) is 0 Å². The third-order valence-electron chi connectivity index (χ3n) is 6.72. The Morgan fingerprint density at radius 2 is 1.84 bits per heavy atom. The number of nitrogens with zero attached hydrogens (tertiary/aromatic N) is 2. The summed E-state index contributed by atoms with van der Waals surface area (Å²) >= 11 is 2.85. The van der Waals surface area contributed by atoms with E-state index in [1.807, 2.05) is 23.6 Å². The Kier molecular flexibility index (Phi) is 8.00. The van der Waals surface area contributed by atoms with Crippen LogP contribution >= 0.6 is 22.7 Å². The van der Waals surface area contributed by atoms with E-state index in [1.54, 1.807) is 25.4 Å². The lowest BCUT2D eigenvalue weighted by molar-refractivity contribution is 0.0959. The summed E-state index contributed by atoms with van der Waals surface area (Å²) in [5, 5.41) is 20.4. The fourth-order valence-electron chi connectivity index (χ4n) is 4.55. The van der Waals surface area contributed by atoms with Crippen LogP contribution in [-0.2, 0) is 19.3 Å². The Balaban J connectivity index is 1.19. The molecule has 0 radical (unpaired) electrons. The maximum atomic E-state index is 12.7. The van der Waals surface area contributed by atoms with Crippen LogP contribution in [0.15, 0.2) is 71.9 Å². The number of carbonyl (C=O) groups excluding carboxylic acids is 1. The maximum Gasteiger partial charge on any atom is 0.281 e. The molecule has 1 aromatic carbocycles. The molecule has 0 saturated carbocycles. The van der Waals surface area contributed by atoms with E-state index in [0.29, 0.717) is 16.2 Å². The second-order valence-electron chi connectivity index (χ2n) is 9.33. The van der Waals surface area contributed by atoms with Gasteiger partial charge in [0.1, 0.15) is 5.75 Å². The quantitative estimate of drug-likeness (QED) is 0.168. The molecule has 0 atom stereocenters. The first kappa shape index (κ1) is 25.9. The molecule has 3 heterocycles.